The molecule has 2 aromatic carbocycles. The Morgan fingerprint density at radius 2 is 1.93 bits per heavy atom. The van der Waals surface area contributed by atoms with Gasteiger partial charge in [0.2, 0.25) is 5.91 Å². The van der Waals surface area contributed by atoms with E-state index in [0.717, 1.165) is 44.7 Å². The molecule has 2 aromatic heterocycles. The van der Waals surface area contributed by atoms with Gasteiger partial charge in [-0.3, -0.25) is 9.78 Å². The van der Waals surface area contributed by atoms with Crippen LogP contribution in [0.2, 0.25) is 0 Å². The van der Waals surface area contributed by atoms with E-state index in [9.17, 15) is 4.79 Å². The third kappa shape index (κ3) is 4.46. The molecule has 4 aromatic rings. The normalized spacial score (nSPS) is 10.7. The van der Waals surface area contributed by atoms with E-state index in [1.807, 2.05) is 60.7 Å². The Morgan fingerprint density at radius 1 is 1.03 bits per heavy atom. The molecule has 1 amide bonds. The summed E-state index contributed by atoms with van der Waals surface area (Å²) < 4.78 is 5.91. The number of amides is 1. The van der Waals surface area contributed by atoms with Crippen molar-refractivity contribution >= 4 is 16.8 Å². The number of ether oxygens (including phenoxy) is 1. The zero-order chi connectivity index (χ0) is 20.9. The minimum atomic E-state index is -0.0139. The molecular formula is C25H23N3O2. The Kier molecular flexibility index (Phi) is 5.70. The summed E-state index contributed by atoms with van der Waals surface area (Å²) in [6, 6.07) is 21.8. The first-order chi connectivity index (χ1) is 14.6. The fourth-order valence-corrected chi connectivity index (χ4v) is 3.37. The van der Waals surface area contributed by atoms with Gasteiger partial charge in [-0.2, -0.15) is 0 Å². The smallest absolute Gasteiger partial charge is 0.224 e. The van der Waals surface area contributed by atoms with Gasteiger partial charge in [-0.25, -0.2) is 4.98 Å². The number of benzene rings is 2. The van der Waals surface area contributed by atoms with Gasteiger partial charge in [-0.15, -0.1) is 0 Å². The van der Waals surface area contributed by atoms with E-state index in [4.69, 9.17) is 9.72 Å². The number of nitrogens with zero attached hydrogens (tertiary/aromatic N) is 2. The summed E-state index contributed by atoms with van der Waals surface area (Å²) in [5.74, 6) is 0.756. The number of hydrogen-bond donors (Lipinski definition) is 1. The molecule has 0 unspecified atom stereocenters. The number of rotatable bonds is 6. The molecule has 0 saturated carbocycles. The van der Waals surface area contributed by atoms with Crippen LogP contribution in [0.15, 0.2) is 72.9 Å². The zero-order valence-corrected chi connectivity index (χ0v) is 17.1. The molecule has 0 saturated heterocycles. The number of aryl methyl sites for hydroxylation is 1. The van der Waals surface area contributed by atoms with Gasteiger partial charge in [0, 0.05) is 24.2 Å². The summed E-state index contributed by atoms with van der Waals surface area (Å²) in [5.41, 5.74) is 5.70. The third-order valence-corrected chi connectivity index (χ3v) is 4.97. The molecule has 0 aliphatic carbocycles. The minimum Gasteiger partial charge on any atom is -0.487 e. The summed E-state index contributed by atoms with van der Waals surface area (Å²) in [6.07, 6.45) is 2.10. The lowest BCUT2D eigenvalue weighted by atomic mass is 10.0. The van der Waals surface area contributed by atoms with Crippen LogP contribution in [-0.4, -0.2) is 22.9 Å². The highest BCUT2D eigenvalue weighted by Gasteiger charge is 2.09. The predicted molar refractivity (Wildman–Crippen MR) is 118 cm³/mol. The van der Waals surface area contributed by atoms with Gasteiger partial charge >= 0.3 is 0 Å². The molecule has 0 bridgehead atoms. The number of fused-ring (bicyclic) bond motifs is 1. The molecule has 0 aliphatic rings. The fourth-order valence-electron chi connectivity index (χ4n) is 3.37. The highest BCUT2D eigenvalue weighted by Crippen LogP contribution is 2.27. The molecule has 0 spiro atoms. The highest BCUT2D eigenvalue weighted by molar-refractivity contribution is 5.87. The second-order valence-electron chi connectivity index (χ2n) is 7.16. The second-order valence-corrected chi connectivity index (χ2v) is 7.16. The maximum atomic E-state index is 11.7. The Labute approximate surface area is 175 Å². The van der Waals surface area contributed by atoms with Crippen LogP contribution in [0.5, 0.6) is 5.75 Å². The average molecular weight is 397 g/mol. The molecule has 5 heteroatoms. The summed E-state index contributed by atoms with van der Waals surface area (Å²) in [6.45, 7) is 2.49. The maximum absolute atomic E-state index is 11.7. The molecule has 5 nitrogen and oxygen atoms in total. The highest BCUT2D eigenvalue weighted by atomic mass is 16.5. The molecule has 30 heavy (non-hydrogen) atoms. The summed E-state index contributed by atoms with van der Waals surface area (Å²) in [5, 5.41) is 3.75. The van der Waals surface area contributed by atoms with E-state index in [0.29, 0.717) is 13.0 Å². The van der Waals surface area contributed by atoms with E-state index < -0.39 is 0 Å². The number of likely N-dealkylation sites (N-methyl/N-ethyl adjacent to an activating group) is 1. The summed E-state index contributed by atoms with van der Waals surface area (Å²) in [7, 11) is 1.65. The summed E-state index contributed by atoms with van der Waals surface area (Å²) >= 11 is 0. The van der Waals surface area contributed by atoms with Gasteiger partial charge < -0.3 is 10.1 Å². The predicted octanol–water partition coefficient (Wildman–Crippen LogP) is 4.47. The van der Waals surface area contributed by atoms with Crippen molar-refractivity contribution in [3.8, 4) is 17.0 Å². The molecule has 0 fully saturated rings. The van der Waals surface area contributed by atoms with Crippen molar-refractivity contribution < 1.29 is 9.53 Å². The Hall–Kier alpha value is -3.73. The lowest BCUT2D eigenvalue weighted by Crippen LogP contribution is -2.19. The number of carbonyl (C=O) groups excluding carboxylic acids is 1. The van der Waals surface area contributed by atoms with Crippen LogP contribution in [0.25, 0.3) is 22.2 Å². The van der Waals surface area contributed by atoms with Crippen LogP contribution in [0.1, 0.15) is 16.8 Å². The monoisotopic (exact) mass is 397 g/mol. The maximum Gasteiger partial charge on any atom is 0.224 e. The first kappa shape index (κ1) is 19.6. The van der Waals surface area contributed by atoms with Crippen molar-refractivity contribution in [2.75, 3.05) is 7.05 Å². The van der Waals surface area contributed by atoms with Crippen molar-refractivity contribution in [2.45, 2.75) is 20.0 Å². The van der Waals surface area contributed by atoms with E-state index in [1.165, 1.54) is 0 Å². The first-order valence-electron chi connectivity index (χ1n) is 9.86. The number of hydrogen-bond acceptors (Lipinski definition) is 4. The van der Waals surface area contributed by atoms with Crippen molar-refractivity contribution in [1.82, 2.24) is 15.3 Å². The van der Waals surface area contributed by atoms with Crippen LogP contribution in [0, 0.1) is 6.92 Å². The molecule has 2 heterocycles. The zero-order valence-electron chi connectivity index (χ0n) is 17.1. The lowest BCUT2D eigenvalue weighted by molar-refractivity contribution is -0.119. The van der Waals surface area contributed by atoms with Crippen molar-refractivity contribution in [1.29, 1.82) is 0 Å². The van der Waals surface area contributed by atoms with Gasteiger partial charge in [0.15, 0.2) is 0 Å². The standard InChI is InChI=1S/C25H23N3O2/c1-17-12-23(28-24-13-18(9-10-22(17)24)14-25(29)26-2)19-6-5-8-21(15-19)30-16-20-7-3-4-11-27-20/h3-13,15H,14,16H2,1-2H3,(H,26,29). The van der Waals surface area contributed by atoms with Crippen molar-refractivity contribution in [3.63, 3.8) is 0 Å². The number of carbonyl (C=O) groups is 1. The molecule has 0 atom stereocenters. The van der Waals surface area contributed by atoms with Crippen LogP contribution < -0.4 is 10.1 Å². The quantitative estimate of drug-likeness (QED) is 0.521. The van der Waals surface area contributed by atoms with Crippen LogP contribution in [0.3, 0.4) is 0 Å². The third-order valence-electron chi connectivity index (χ3n) is 4.97. The average Bonchev–Trinajstić information content (AvgIpc) is 2.78. The van der Waals surface area contributed by atoms with Gasteiger partial charge in [-0.05, 0) is 54.4 Å². The van der Waals surface area contributed by atoms with Crippen molar-refractivity contribution in [2.24, 2.45) is 0 Å². The van der Waals surface area contributed by atoms with E-state index in [2.05, 4.69) is 23.3 Å². The minimum absolute atomic E-state index is 0.0139. The largest absolute Gasteiger partial charge is 0.487 e. The Bertz CT molecular complexity index is 1190. The van der Waals surface area contributed by atoms with E-state index in [-0.39, 0.29) is 5.91 Å². The molecule has 4 rings (SSSR count). The number of pyridine rings is 2. The van der Waals surface area contributed by atoms with Crippen LogP contribution in [0.4, 0.5) is 0 Å². The molecule has 0 radical (unpaired) electrons. The fraction of sp³-hybridized carbons (Fsp3) is 0.160. The van der Waals surface area contributed by atoms with Gasteiger partial charge in [0.1, 0.15) is 12.4 Å². The van der Waals surface area contributed by atoms with E-state index in [1.54, 1.807) is 13.2 Å². The van der Waals surface area contributed by atoms with Gasteiger partial charge in [0.05, 0.1) is 23.3 Å². The Morgan fingerprint density at radius 3 is 2.73 bits per heavy atom. The Balaban J connectivity index is 1.62. The van der Waals surface area contributed by atoms with Gasteiger partial charge in [0.25, 0.3) is 0 Å². The van der Waals surface area contributed by atoms with E-state index >= 15 is 0 Å². The van der Waals surface area contributed by atoms with Gasteiger partial charge in [-0.1, -0.05) is 30.3 Å². The lowest BCUT2D eigenvalue weighted by Gasteiger charge is -2.10. The second kappa shape index (κ2) is 8.74. The topological polar surface area (TPSA) is 64.1 Å². The van der Waals surface area contributed by atoms with Crippen LogP contribution in [-0.2, 0) is 17.8 Å². The molecule has 0 aliphatic heterocycles. The summed E-state index contributed by atoms with van der Waals surface area (Å²) in [4.78, 5) is 20.9. The molecule has 150 valence electrons. The van der Waals surface area contributed by atoms with Crippen LogP contribution >= 0.6 is 0 Å². The van der Waals surface area contributed by atoms with Crippen molar-refractivity contribution in [3.05, 3.63) is 89.7 Å². The molecular weight excluding hydrogens is 374 g/mol. The molecule has 1 N–H and O–H groups in total. The first-order valence-corrected chi connectivity index (χ1v) is 9.86. The number of aromatic nitrogens is 2. The SMILES string of the molecule is CNC(=O)Cc1ccc2c(C)cc(-c3cccc(OCc4ccccn4)c3)nc2c1. The number of nitrogens with one attached hydrogen (secondary N) is 1.